The number of carbonyl (C=O) groups is 2. The van der Waals surface area contributed by atoms with E-state index in [9.17, 15) is 9.59 Å². The molecule has 3 rings (SSSR count). The Kier molecular flexibility index (Phi) is 7.20. The molecule has 1 fully saturated rings. The highest BCUT2D eigenvalue weighted by Crippen LogP contribution is 2.52. The van der Waals surface area contributed by atoms with Crippen LogP contribution in [0.1, 0.15) is 24.0 Å². The topological polar surface area (TPSA) is 89.4 Å². The van der Waals surface area contributed by atoms with Crippen molar-refractivity contribution in [2.45, 2.75) is 30.7 Å². The van der Waals surface area contributed by atoms with Gasteiger partial charge in [0.15, 0.2) is 0 Å². The van der Waals surface area contributed by atoms with E-state index in [1.165, 1.54) is 4.90 Å². The van der Waals surface area contributed by atoms with E-state index in [0.717, 1.165) is 0 Å². The quantitative estimate of drug-likeness (QED) is 0.582. The van der Waals surface area contributed by atoms with Crippen molar-refractivity contribution < 1.29 is 9.59 Å². The van der Waals surface area contributed by atoms with E-state index in [0.29, 0.717) is 44.1 Å². The third kappa shape index (κ3) is 4.71. The summed E-state index contributed by atoms with van der Waals surface area (Å²) in [4.78, 5) is 27.5. The van der Waals surface area contributed by atoms with Gasteiger partial charge < -0.3 is 16.4 Å². The molecule has 1 atom stereocenters. The number of amides is 2. The summed E-state index contributed by atoms with van der Waals surface area (Å²) >= 11 is 24.6. The second kappa shape index (κ2) is 9.33. The van der Waals surface area contributed by atoms with Crippen LogP contribution >= 0.6 is 46.4 Å². The highest BCUT2D eigenvalue weighted by Gasteiger charge is 2.55. The first-order chi connectivity index (χ1) is 14.2. The van der Waals surface area contributed by atoms with Crippen molar-refractivity contribution in [3.8, 4) is 0 Å². The molecule has 1 aliphatic rings. The number of rotatable bonds is 8. The van der Waals surface area contributed by atoms with Gasteiger partial charge in [0, 0.05) is 39.6 Å². The first kappa shape index (κ1) is 23.2. The predicted octanol–water partition coefficient (Wildman–Crippen LogP) is 4.22. The zero-order valence-electron chi connectivity index (χ0n) is 16.0. The van der Waals surface area contributed by atoms with E-state index in [4.69, 9.17) is 57.9 Å². The molecule has 0 saturated heterocycles. The van der Waals surface area contributed by atoms with E-state index < -0.39 is 17.4 Å². The van der Waals surface area contributed by atoms with Crippen LogP contribution in [0.2, 0.25) is 20.1 Å². The van der Waals surface area contributed by atoms with Gasteiger partial charge in [-0.05, 0) is 48.2 Å². The molecule has 4 N–H and O–H groups in total. The van der Waals surface area contributed by atoms with Gasteiger partial charge in [-0.2, -0.15) is 0 Å². The first-order valence-electron chi connectivity index (χ1n) is 9.39. The molecule has 2 amide bonds. The largest absolute Gasteiger partial charge is 0.368 e. The molecule has 5 nitrogen and oxygen atoms in total. The monoisotopic (exact) mass is 487 g/mol. The van der Waals surface area contributed by atoms with Crippen molar-refractivity contribution in [3.63, 3.8) is 0 Å². The Morgan fingerprint density at radius 3 is 2.10 bits per heavy atom. The second-order valence-corrected chi connectivity index (χ2v) is 9.04. The van der Waals surface area contributed by atoms with Gasteiger partial charge in [0.2, 0.25) is 11.8 Å². The summed E-state index contributed by atoms with van der Waals surface area (Å²) in [5.41, 5.74) is 12.0. The fourth-order valence-corrected chi connectivity index (χ4v) is 4.75. The molecule has 0 aliphatic heterocycles. The van der Waals surface area contributed by atoms with Crippen molar-refractivity contribution in [1.29, 1.82) is 0 Å². The normalized spacial score (nSPS) is 15.5. The van der Waals surface area contributed by atoms with Crippen LogP contribution in [0.15, 0.2) is 36.4 Å². The van der Waals surface area contributed by atoms with Gasteiger partial charge in [-0.25, -0.2) is 0 Å². The minimum atomic E-state index is -0.914. The third-order valence-corrected chi connectivity index (χ3v) is 6.50. The van der Waals surface area contributed by atoms with Gasteiger partial charge in [0.05, 0.1) is 5.41 Å². The maximum absolute atomic E-state index is 13.6. The van der Waals surface area contributed by atoms with Gasteiger partial charge in [-0.1, -0.05) is 58.5 Å². The van der Waals surface area contributed by atoms with Crippen molar-refractivity contribution in [3.05, 3.63) is 67.6 Å². The molecule has 0 heterocycles. The van der Waals surface area contributed by atoms with Gasteiger partial charge in [0.1, 0.15) is 6.04 Å². The lowest BCUT2D eigenvalue weighted by Crippen LogP contribution is -2.54. The molecule has 0 bridgehead atoms. The summed E-state index contributed by atoms with van der Waals surface area (Å²) in [7, 11) is 0. The smallest absolute Gasteiger partial charge is 0.240 e. The number of primary amides is 1. The number of halogens is 4. The fraction of sp³-hybridized carbons (Fsp3) is 0.333. The summed E-state index contributed by atoms with van der Waals surface area (Å²) in [6.45, 7) is 0.346. The average Bonchev–Trinajstić information content (AvgIpc) is 3.47. The summed E-state index contributed by atoms with van der Waals surface area (Å²) < 4.78 is 0. The van der Waals surface area contributed by atoms with Crippen molar-refractivity contribution in [2.24, 2.45) is 11.5 Å². The van der Waals surface area contributed by atoms with Gasteiger partial charge in [0.25, 0.3) is 0 Å². The summed E-state index contributed by atoms with van der Waals surface area (Å²) in [6.07, 6.45) is 1.38. The van der Waals surface area contributed by atoms with Crippen LogP contribution < -0.4 is 11.5 Å². The maximum Gasteiger partial charge on any atom is 0.240 e. The molecule has 9 heteroatoms. The number of hydrogen-bond donors (Lipinski definition) is 2. The Morgan fingerprint density at radius 2 is 1.60 bits per heavy atom. The summed E-state index contributed by atoms with van der Waals surface area (Å²) in [5, 5.41) is 1.77. The Balaban J connectivity index is 1.95. The van der Waals surface area contributed by atoms with Gasteiger partial charge >= 0.3 is 0 Å². The molecule has 1 aliphatic carbocycles. The molecule has 2 aromatic carbocycles. The second-order valence-electron chi connectivity index (χ2n) is 7.35. The fourth-order valence-electron chi connectivity index (χ4n) is 3.67. The van der Waals surface area contributed by atoms with E-state index in [-0.39, 0.29) is 25.4 Å². The number of nitrogens with zero attached hydrogens (tertiary/aromatic N) is 1. The predicted molar refractivity (Wildman–Crippen MR) is 121 cm³/mol. The van der Waals surface area contributed by atoms with Crippen LogP contribution in [0.5, 0.6) is 0 Å². The van der Waals surface area contributed by atoms with Crippen molar-refractivity contribution in [2.75, 3.05) is 13.1 Å². The van der Waals surface area contributed by atoms with Gasteiger partial charge in [-0.3, -0.25) is 9.59 Å². The summed E-state index contributed by atoms with van der Waals surface area (Å²) in [5.74, 6) is -0.869. The molecule has 30 heavy (non-hydrogen) atoms. The third-order valence-electron chi connectivity index (χ3n) is 5.37. The molecule has 2 aromatic rings. The van der Waals surface area contributed by atoms with Crippen LogP contribution in [0.3, 0.4) is 0 Å². The number of carbonyl (C=O) groups excluding carboxylic acids is 2. The molecule has 1 saturated carbocycles. The van der Waals surface area contributed by atoms with Crippen molar-refractivity contribution >= 4 is 58.2 Å². The average molecular weight is 489 g/mol. The highest BCUT2D eigenvalue weighted by atomic mass is 35.5. The molecule has 0 radical (unpaired) electrons. The zero-order valence-corrected chi connectivity index (χ0v) is 19.0. The molecule has 0 aromatic heterocycles. The molecule has 0 unspecified atom stereocenters. The lowest BCUT2D eigenvalue weighted by atomic mass is 9.92. The minimum Gasteiger partial charge on any atom is -0.368 e. The van der Waals surface area contributed by atoms with Crippen LogP contribution in [-0.2, 0) is 21.4 Å². The van der Waals surface area contributed by atoms with Gasteiger partial charge in [-0.15, -0.1) is 0 Å². The van der Waals surface area contributed by atoms with Crippen LogP contribution in [0.25, 0.3) is 0 Å². The van der Waals surface area contributed by atoms with Crippen LogP contribution in [0, 0.1) is 0 Å². The van der Waals surface area contributed by atoms with E-state index >= 15 is 0 Å². The summed E-state index contributed by atoms with van der Waals surface area (Å²) in [6, 6.07) is 9.12. The Bertz CT molecular complexity index is 979. The van der Waals surface area contributed by atoms with Crippen LogP contribution in [-0.4, -0.2) is 35.8 Å². The molecular weight excluding hydrogens is 468 g/mol. The van der Waals surface area contributed by atoms with Crippen LogP contribution in [0.4, 0.5) is 0 Å². The molecule has 0 spiro atoms. The minimum absolute atomic E-state index is 0.154. The van der Waals surface area contributed by atoms with E-state index in [1.807, 2.05) is 0 Å². The standard InChI is InChI=1S/C21H21Cl4N3O2/c22-13-2-1-12(16(24)10-13)9-18(19(27)29)28(8-7-26)20(30)21(5-6-21)15-4-3-14(23)11-17(15)25/h1-4,10-11,18H,5-9,26H2,(H2,27,29)/t18-/m0/s1. The number of nitrogens with two attached hydrogens (primary N) is 2. The lowest BCUT2D eigenvalue weighted by molar-refractivity contribution is -0.141. The molecule has 160 valence electrons. The Labute approximate surface area is 195 Å². The first-order valence-corrected chi connectivity index (χ1v) is 10.9. The number of benzene rings is 2. The van der Waals surface area contributed by atoms with Crippen molar-refractivity contribution in [1.82, 2.24) is 4.90 Å². The maximum atomic E-state index is 13.6. The molecular formula is C21H21Cl4N3O2. The Hall–Kier alpha value is -1.50. The Morgan fingerprint density at radius 1 is 1.00 bits per heavy atom. The lowest BCUT2D eigenvalue weighted by Gasteiger charge is -2.33. The number of hydrogen-bond acceptors (Lipinski definition) is 3. The van der Waals surface area contributed by atoms with E-state index in [2.05, 4.69) is 0 Å². The highest BCUT2D eigenvalue weighted by molar-refractivity contribution is 6.35. The SMILES string of the molecule is NCCN(C(=O)C1(c2ccc(Cl)cc2Cl)CC1)[C@@H](Cc1ccc(Cl)cc1Cl)C(N)=O. The van der Waals surface area contributed by atoms with E-state index in [1.54, 1.807) is 36.4 Å². The zero-order chi connectivity index (χ0) is 22.1.